The van der Waals surface area contributed by atoms with Crippen molar-refractivity contribution in [1.29, 1.82) is 0 Å². The monoisotopic (exact) mass is 494 g/mol. The van der Waals surface area contributed by atoms with Crippen LogP contribution in [0.15, 0.2) is 60.7 Å². The summed E-state index contributed by atoms with van der Waals surface area (Å²) in [7, 11) is 0. The highest BCUT2D eigenvalue weighted by Gasteiger charge is 2.29. The van der Waals surface area contributed by atoms with Crippen molar-refractivity contribution >= 4 is 34.9 Å². The van der Waals surface area contributed by atoms with E-state index in [9.17, 15) is 19.7 Å². The predicted molar refractivity (Wildman–Crippen MR) is 131 cm³/mol. The number of piperidine rings is 1. The van der Waals surface area contributed by atoms with Gasteiger partial charge in [0.1, 0.15) is 11.6 Å². The number of aryl methyl sites for hydroxylation is 1. The Morgan fingerprint density at radius 3 is 2.66 bits per heavy atom. The molecule has 2 aromatic carbocycles. The maximum atomic E-state index is 13.1. The number of rotatable bonds is 6. The van der Waals surface area contributed by atoms with Gasteiger partial charge >= 0.3 is 5.69 Å². The molecule has 2 heterocycles. The number of pyridine rings is 1. The van der Waals surface area contributed by atoms with Crippen molar-refractivity contribution in [2.75, 3.05) is 18.4 Å². The molecule has 0 radical (unpaired) electrons. The first-order chi connectivity index (χ1) is 16.8. The molecule has 0 bridgehead atoms. The van der Waals surface area contributed by atoms with Gasteiger partial charge in [0.25, 0.3) is 5.91 Å². The highest BCUT2D eigenvalue weighted by Crippen LogP contribution is 2.33. The third-order valence-corrected chi connectivity index (χ3v) is 5.90. The zero-order valence-corrected chi connectivity index (χ0v) is 19.7. The summed E-state index contributed by atoms with van der Waals surface area (Å²) in [6, 6.07) is 15.9. The smallest absolute Gasteiger partial charge is 0.313 e. The first kappa shape index (κ1) is 24.2. The second-order valence-electron chi connectivity index (χ2n) is 8.24. The molecule has 1 N–H and O–H groups in total. The number of amides is 2. The van der Waals surface area contributed by atoms with E-state index in [4.69, 9.17) is 16.3 Å². The first-order valence-electron chi connectivity index (χ1n) is 11.1. The molecule has 10 heteroatoms. The van der Waals surface area contributed by atoms with Gasteiger partial charge in [-0.3, -0.25) is 19.7 Å². The molecular weight excluding hydrogens is 472 g/mol. The van der Waals surface area contributed by atoms with Crippen molar-refractivity contribution in [3.63, 3.8) is 0 Å². The fourth-order valence-electron chi connectivity index (χ4n) is 3.91. The number of aromatic nitrogens is 1. The number of ether oxygens (including phenoxy) is 1. The van der Waals surface area contributed by atoms with Gasteiger partial charge in [0.15, 0.2) is 0 Å². The van der Waals surface area contributed by atoms with E-state index in [0.717, 1.165) is 5.69 Å². The number of hydrogen-bond acceptors (Lipinski definition) is 6. The van der Waals surface area contributed by atoms with Crippen LogP contribution >= 0.6 is 11.6 Å². The van der Waals surface area contributed by atoms with E-state index in [1.54, 1.807) is 35.2 Å². The van der Waals surface area contributed by atoms with Crippen LogP contribution in [0.5, 0.6) is 11.5 Å². The zero-order chi connectivity index (χ0) is 24.9. The molecule has 1 atom stereocenters. The Bertz CT molecular complexity index is 1260. The number of benzene rings is 2. The van der Waals surface area contributed by atoms with Crippen molar-refractivity contribution in [2.24, 2.45) is 5.92 Å². The molecule has 1 aliphatic heterocycles. The lowest BCUT2D eigenvalue weighted by Crippen LogP contribution is -2.43. The Morgan fingerprint density at radius 2 is 1.94 bits per heavy atom. The number of nitro benzene ring substituents is 1. The summed E-state index contributed by atoms with van der Waals surface area (Å²) in [6.45, 7) is 2.72. The van der Waals surface area contributed by atoms with E-state index in [2.05, 4.69) is 10.3 Å². The third kappa shape index (κ3) is 5.93. The number of anilines is 1. The van der Waals surface area contributed by atoms with E-state index < -0.39 is 4.92 Å². The Balaban J connectivity index is 1.40. The summed E-state index contributed by atoms with van der Waals surface area (Å²) in [5.41, 5.74) is 0.988. The van der Waals surface area contributed by atoms with Crippen LogP contribution in [0, 0.1) is 23.0 Å². The van der Waals surface area contributed by atoms with Gasteiger partial charge in [-0.25, -0.2) is 4.98 Å². The number of nitrogens with one attached hydrogen (secondary N) is 1. The molecule has 0 spiro atoms. The van der Waals surface area contributed by atoms with Crippen LogP contribution in [0.3, 0.4) is 0 Å². The molecule has 1 unspecified atom stereocenters. The van der Waals surface area contributed by atoms with Crippen LogP contribution in [0.4, 0.5) is 11.5 Å². The summed E-state index contributed by atoms with van der Waals surface area (Å²) < 4.78 is 5.64. The van der Waals surface area contributed by atoms with Gasteiger partial charge < -0.3 is 15.0 Å². The lowest BCUT2D eigenvalue weighted by Gasteiger charge is -2.32. The molecule has 1 aliphatic rings. The maximum Gasteiger partial charge on any atom is 0.313 e. The molecular formula is C25H23ClN4O5. The molecule has 180 valence electrons. The quantitative estimate of drug-likeness (QED) is 0.370. The summed E-state index contributed by atoms with van der Waals surface area (Å²) in [4.78, 5) is 42.4. The molecule has 0 aliphatic carbocycles. The topological polar surface area (TPSA) is 115 Å². The largest absolute Gasteiger partial charge is 0.450 e. The SMILES string of the molecule is Cc1cccc(NC(=O)C2CCCN(C(=O)c3ccc(Oc4ccc(Cl)cc4[N+](=O)[O-])cc3)C2)n1. The van der Waals surface area contributed by atoms with Gasteiger partial charge in [-0.15, -0.1) is 0 Å². The number of carbonyl (C=O) groups is 2. The van der Waals surface area contributed by atoms with Gasteiger partial charge in [0.2, 0.25) is 11.7 Å². The summed E-state index contributed by atoms with van der Waals surface area (Å²) in [6.07, 6.45) is 1.40. The van der Waals surface area contributed by atoms with Crippen LogP contribution in [-0.4, -0.2) is 39.7 Å². The van der Waals surface area contributed by atoms with Gasteiger partial charge in [-0.2, -0.15) is 0 Å². The van der Waals surface area contributed by atoms with Crippen molar-refractivity contribution in [3.05, 3.63) is 87.1 Å². The van der Waals surface area contributed by atoms with Gasteiger partial charge in [-0.05, 0) is 68.3 Å². The molecule has 0 saturated carbocycles. The van der Waals surface area contributed by atoms with Crippen molar-refractivity contribution in [2.45, 2.75) is 19.8 Å². The highest BCUT2D eigenvalue weighted by molar-refractivity contribution is 6.30. The zero-order valence-electron chi connectivity index (χ0n) is 18.9. The molecule has 2 amide bonds. The molecule has 9 nitrogen and oxygen atoms in total. The van der Waals surface area contributed by atoms with Crippen molar-refractivity contribution in [1.82, 2.24) is 9.88 Å². The van der Waals surface area contributed by atoms with E-state index >= 15 is 0 Å². The lowest BCUT2D eigenvalue weighted by molar-refractivity contribution is -0.385. The van der Waals surface area contributed by atoms with Crippen LogP contribution in [0.1, 0.15) is 28.9 Å². The molecule has 1 saturated heterocycles. The first-order valence-corrected chi connectivity index (χ1v) is 11.4. The second kappa shape index (κ2) is 10.5. The second-order valence-corrected chi connectivity index (χ2v) is 8.68. The molecule has 4 rings (SSSR count). The van der Waals surface area contributed by atoms with Gasteiger partial charge in [0, 0.05) is 35.4 Å². The number of likely N-dealkylation sites (tertiary alicyclic amines) is 1. The standard InChI is InChI=1S/C25H23ClN4O5/c1-16-4-2-6-23(27-16)28-24(31)18-5-3-13-29(15-18)25(32)17-7-10-20(11-8-17)35-22-12-9-19(26)14-21(22)30(33)34/h2,4,6-12,14,18H,3,5,13,15H2,1H3,(H,27,28,31). The Morgan fingerprint density at radius 1 is 1.17 bits per heavy atom. The molecule has 1 fully saturated rings. The fraction of sp³-hybridized carbons (Fsp3) is 0.240. The molecule has 35 heavy (non-hydrogen) atoms. The maximum absolute atomic E-state index is 13.1. The number of halogens is 1. The average Bonchev–Trinajstić information content (AvgIpc) is 2.85. The molecule has 1 aromatic heterocycles. The van der Waals surface area contributed by atoms with Gasteiger partial charge in [0.05, 0.1) is 10.8 Å². The Hall–Kier alpha value is -3.98. The minimum Gasteiger partial charge on any atom is -0.450 e. The summed E-state index contributed by atoms with van der Waals surface area (Å²) >= 11 is 5.84. The number of carbonyl (C=O) groups excluding carboxylic acids is 2. The van der Waals surface area contributed by atoms with E-state index in [-0.39, 0.29) is 34.2 Å². The van der Waals surface area contributed by atoms with Crippen LogP contribution in [-0.2, 0) is 4.79 Å². The number of nitrogens with zero attached hydrogens (tertiary/aromatic N) is 3. The van der Waals surface area contributed by atoms with Crippen molar-refractivity contribution < 1.29 is 19.2 Å². The minimum absolute atomic E-state index is 0.0476. The number of hydrogen-bond donors (Lipinski definition) is 1. The fourth-order valence-corrected chi connectivity index (χ4v) is 4.08. The van der Waals surface area contributed by atoms with Crippen LogP contribution in [0.2, 0.25) is 5.02 Å². The van der Waals surface area contributed by atoms with E-state index in [1.807, 2.05) is 19.1 Å². The average molecular weight is 495 g/mol. The highest BCUT2D eigenvalue weighted by atomic mass is 35.5. The number of nitro groups is 1. The van der Waals surface area contributed by atoms with Crippen LogP contribution in [0.25, 0.3) is 0 Å². The van der Waals surface area contributed by atoms with E-state index in [1.165, 1.54) is 18.2 Å². The lowest BCUT2D eigenvalue weighted by atomic mass is 9.96. The van der Waals surface area contributed by atoms with E-state index in [0.29, 0.717) is 43.1 Å². The third-order valence-electron chi connectivity index (χ3n) is 5.67. The predicted octanol–water partition coefficient (Wildman–Crippen LogP) is 5.23. The van der Waals surface area contributed by atoms with Gasteiger partial charge in [-0.1, -0.05) is 17.7 Å². The Labute approximate surface area is 206 Å². The van der Waals surface area contributed by atoms with Crippen molar-refractivity contribution in [3.8, 4) is 11.5 Å². The van der Waals surface area contributed by atoms with Crippen LogP contribution < -0.4 is 10.1 Å². The summed E-state index contributed by atoms with van der Waals surface area (Å²) in [5.74, 6) is 0.201. The Kier molecular flexibility index (Phi) is 7.26. The normalized spacial score (nSPS) is 15.4. The molecule has 3 aromatic rings. The minimum atomic E-state index is -0.572. The summed E-state index contributed by atoms with van der Waals surface area (Å²) in [5, 5.41) is 14.3.